The zero-order chi connectivity index (χ0) is 18.3. The van der Waals surface area contributed by atoms with E-state index in [0.29, 0.717) is 29.4 Å². The van der Waals surface area contributed by atoms with Crippen molar-refractivity contribution in [2.24, 2.45) is 10.7 Å². The van der Waals surface area contributed by atoms with E-state index in [2.05, 4.69) is 10.3 Å². The lowest BCUT2D eigenvalue weighted by molar-refractivity contribution is 0.0494. The van der Waals surface area contributed by atoms with Crippen molar-refractivity contribution in [3.05, 3.63) is 64.7 Å². The monoisotopic (exact) mass is 372 g/mol. The lowest BCUT2D eigenvalue weighted by Crippen LogP contribution is -2.59. The third kappa shape index (κ3) is 2.80. The van der Waals surface area contributed by atoms with Crippen molar-refractivity contribution in [1.82, 2.24) is 4.90 Å². The third-order valence-corrected chi connectivity index (χ3v) is 5.17. The number of benzene rings is 2. The molecule has 2 heterocycles. The number of alkyl halides is 1. The van der Waals surface area contributed by atoms with E-state index >= 15 is 4.39 Å². The topological polar surface area (TPSA) is 70.7 Å². The highest BCUT2D eigenvalue weighted by atomic mass is 35.5. The number of carbonyl (C=O) groups is 1. The Bertz CT molecular complexity index is 885. The number of likely N-dealkylation sites (tertiary alicyclic amines) is 1. The lowest BCUT2D eigenvalue weighted by atomic mass is 9.91. The fourth-order valence-electron chi connectivity index (χ4n) is 3.48. The number of nitrogens with zero attached hydrogens (tertiary/aromatic N) is 2. The second-order valence-corrected chi connectivity index (χ2v) is 7.00. The van der Waals surface area contributed by atoms with Crippen molar-refractivity contribution in [2.75, 3.05) is 18.4 Å². The number of halogens is 2. The highest BCUT2D eigenvalue weighted by Crippen LogP contribution is 2.36. The standard InChI is InChI=1S/C19H18ClFN4O/c20-13-7-5-12(6-8-13)18(26)25-10-9-19(16(21)11-25)23-15-4-2-1-3-14(15)17(22)24-19/h1-8,16,23H,9-11H2,(H2,22,24)/t16-,19+/m0/s1. The maximum atomic E-state index is 15.1. The van der Waals surface area contributed by atoms with E-state index in [4.69, 9.17) is 17.3 Å². The summed E-state index contributed by atoms with van der Waals surface area (Å²) in [7, 11) is 0. The van der Waals surface area contributed by atoms with Crippen molar-refractivity contribution in [3.63, 3.8) is 0 Å². The van der Waals surface area contributed by atoms with Crippen LogP contribution in [0.4, 0.5) is 10.1 Å². The molecule has 0 unspecified atom stereocenters. The van der Waals surface area contributed by atoms with Gasteiger partial charge in [-0.15, -0.1) is 0 Å². The van der Waals surface area contributed by atoms with Crippen LogP contribution in [0.25, 0.3) is 0 Å². The van der Waals surface area contributed by atoms with Gasteiger partial charge in [-0.05, 0) is 36.4 Å². The quantitative estimate of drug-likeness (QED) is 0.808. The number of carbonyl (C=O) groups excluding carboxylic acids is 1. The maximum Gasteiger partial charge on any atom is 0.253 e. The molecule has 0 saturated carbocycles. The summed E-state index contributed by atoms with van der Waals surface area (Å²) in [4.78, 5) is 18.6. The molecular formula is C19H18ClFN4O. The number of para-hydroxylation sites is 1. The molecule has 3 N–H and O–H groups in total. The zero-order valence-electron chi connectivity index (χ0n) is 14.0. The third-order valence-electron chi connectivity index (χ3n) is 4.91. The number of fused-ring (bicyclic) bond motifs is 1. The molecule has 2 aliphatic rings. The van der Waals surface area contributed by atoms with Gasteiger partial charge in [-0.25, -0.2) is 9.38 Å². The SMILES string of the molecule is NC1=N[C@@]2(CCN(C(=O)c3ccc(Cl)cc3)C[C@@H]2F)Nc2ccccc21. The summed E-state index contributed by atoms with van der Waals surface area (Å²) in [5.74, 6) is 0.104. The minimum absolute atomic E-state index is 0.0482. The van der Waals surface area contributed by atoms with Gasteiger partial charge in [-0.1, -0.05) is 23.7 Å². The van der Waals surface area contributed by atoms with Gasteiger partial charge in [0.2, 0.25) is 0 Å². The molecule has 1 fully saturated rings. The minimum Gasteiger partial charge on any atom is -0.383 e. The molecule has 2 aromatic rings. The molecule has 134 valence electrons. The number of hydrogen-bond donors (Lipinski definition) is 2. The van der Waals surface area contributed by atoms with Crippen molar-refractivity contribution in [1.29, 1.82) is 0 Å². The van der Waals surface area contributed by atoms with E-state index in [1.165, 1.54) is 4.90 Å². The summed E-state index contributed by atoms with van der Waals surface area (Å²) in [6.45, 7) is 0.335. The number of nitrogens with one attached hydrogen (secondary N) is 1. The number of aliphatic imine (C=N–C) groups is 1. The average Bonchev–Trinajstić information content (AvgIpc) is 2.64. The molecule has 5 nitrogen and oxygen atoms in total. The molecule has 1 saturated heterocycles. The minimum atomic E-state index is -1.38. The van der Waals surface area contributed by atoms with Gasteiger partial charge in [0.05, 0.1) is 6.54 Å². The molecule has 0 radical (unpaired) electrons. The number of rotatable bonds is 1. The molecular weight excluding hydrogens is 355 g/mol. The van der Waals surface area contributed by atoms with E-state index in [1.807, 2.05) is 24.3 Å². The Kier molecular flexibility index (Phi) is 4.07. The smallest absolute Gasteiger partial charge is 0.253 e. The van der Waals surface area contributed by atoms with Gasteiger partial charge in [0.1, 0.15) is 5.84 Å². The molecule has 2 aliphatic heterocycles. The van der Waals surface area contributed by atoms with Crippen molar-refractivity contribution >= 4 is 29.0 Å². The summed E-state index contributed by atoms with van der Waals surface area (Å²) in [5.41, 5.74) is 6.96. The van der Waals surface area contributed by atoms with Crippen molar-refractivity contribution in [3.8, 4) is 0 Å². The van der Waals surface area contributed by atoms with Crippen LogP contribution in [0, 0.1) is 0 Å². The first-order chi connectivity index (χ1) is 12.5. The molecule has 0 aromatic heterocycles. The van der Waals surface area contributed by atoms with Crippen LogP contribution in [-0.2, 0) is 0 Å². The summed E-state index contributed by atoms with van der Waals surface area (Å²) < 4.78 is 15.1. The number of anilines is 1. The van der Waals surface area contributed by atoms with Crippen LogP contribution in [0.5, 0.6) is 0 Å². The molecule has 1 spiro atoms. The molecule has 0 bridgehead atoms. The van der Waals surface area contributed by atoms with Gasteiger partial charge < -0.3 is 16.0 Å². The van der Waals surface area contributed by atoms with Crippen LogP contribution < -0.4 is 11.1 Å². The fourth-order valence-corrected chi connectivity index (χ4v) is 3.60. The first-order valence-corrected chi connectivity index (χ1v) is 8.78. The van der Waals surface area contributed by atoms with Crippen LogP contribution in [0.15, 0.2) is 53.5 Å². The number of amides is 1. The summed E-state index contributed by atoms with van der Waals surface area (Å²) in [5, 5.41) is 3.75. The summed E-state index contributed by atoms with van der Waals surface area (Å²) in [6.07, 6.45) is -1.04. The molecule has 1 amide bonds. The van der Waals surface area contributed by atoms with Crippen molar-refractivity contribution < 1.29 is 9.18 Å². The first-order valence-electron chi connectivity index (χ1n) is 8.40. The van der Waals surface area contributed by atoms with Crippen LogP contribution in [0.3, 0.4) is 0 Å². The average molecular weight is 373 g/mol. The second kappa shape index (κ2) is 6.29. The molecule has 26 heavy (non-hydrogen) atoms. The highest BCUT2D eigenvalue weighted by Gasteiger charge is 2.47. The normalized spacial score (nSPS) is 24.6. The Labute approximate surface area is 155 Å². The highest BCUT2D eigenvalue weighted by molar-refractivity contribution is 6.30. The number of nitrogens with two attached hydrogens (primary N) is 1. The van der Waals surface area contributed by atoms with Gasteiger partial charge >= 0.3 is 0 Å². The fraction of sp³-hybridized carbons (Fsp3) is 0.263. The predicted molar refractivity (Wildman–Crippen MR) is 100 cm³/mol. The maximum absolute atomic E-state index is 15.1. The van der Waals surface area contributed by atoms with Gasteiger partial charge in [0, 0.05) is 34.8 Å². The molecule has 7 heteroatoms. The second-order valence-electron chi connectivity index (χ2n) is 6.57. The van der Waals surface area contributed by atoms with E-state index < -0.39 is 11.8 Å². The number of amidine groups is 1. The Morgan fingerprint density at radius 1 is 1.27 bits per heavy atom. The Hall–Kier alpha value is -2.60. The number of hydrogen-bond acceptors (Lipinski definition) is 4. The van der Waals surface area contributed by atoms with E-state index in [0.717, 1.165) is 11.3 Å². The molecule has 0 aliphatic carbocycles. The summed E-state index contributed by atoms with van der Waals surface area (Å²) >= 11 is 5.86. The van der Waals surface area contributed by atoms with Crippen LogP contribution in [-0.4, -0.2) is 41.6 Å². The van der Waals surface area contributed by atoms with Crippen LogP contribution >= 0.6 is 11.6 Å². The summed E-state index contributed by atoms with van der Waals surface area (Å²) in [6, 6.07) is 14.0. The van der Waals surface area contributed by atoms with E-state index in [9.17, 15) is 4.79 Å². The molecule has 2 atom stereocenters. The Balaban J connectivity index is 1.55. The van der Waals surface area contributed by atoms with Gasteiger partial charge in [0.25, 0.3) is 5.91 Å². The Morgan fingerprint density at radius 2 is 2.00 bits per heavy atom. The largest absolute Gasteiger partial charge is 0.383 e. The van der Waals surface area contributed by atoms with E-state index in [1.54, 1.807) is 24.3 Å². The Morgan fingerprint density at radius 3 is 2.73 bits per heavy atom. The predicted octanol–water partition coefficient (Wildman–Crippen LogP) is 3.05. The van der Waals surface area contributed by atoms with Gasteiger partial charge in [0.15, 0.2) is 11.8 Å². The zero-order valence-corrected chi connectivity index (χ0v) is 14.7. The first kappa shape index (κ1) is 16.8. The molecule has 4 rings (SSSR count). The molecule has 2 aromatic carbocycles. The van der Waals surface area contributed by atoms with Crippen LogP contribution in [0.2, 0.25) is 5.02 Å². The van der Waals surface area contributed by atoms with Crippen molar-refractivity contribution in [2.45, 2.75) is 18.3 Å². The van der Waals surface area contributed by atoms with E-state index in [-0.39, 0.29) is 12.5 Å². The van der Waals surface area contributed by atoms with Crippen LogP contribution in [0.1, 0.15) is 22.3 Å². The van der Waals surface area contributed by atoms with Gasteiger partial charge in [-0.2, -0.15) is 0 Å². The number of piperidine rings is 1. The van der Waals surface area contributed by atoms with Gasteiger partial charge in [-0.3, -0.25) is 4.79 Å². The lowest BCUT2D eigenvalue weighted by Gasteiger charge is -2.44.